The van der Waals surface area contributed by atoms with Crippen LogP contribution in [0.4, 0.5) is 0 Å². The number of benzene rings is 2. The molecule has 2 aromatic carbocycles. The smallest absolute Gasteiger partial charge is 0.276 e. The van der Waals surface area contributed by atoms with Crippen molar-refractivity contribution in [3.63, 3.8) is 0 Å². The van der Waals surface area contributed by atoms with Crippen LogP contribution in [0, 0.1) is 0 Å². The Labute approximate surface area is 177 Å². The number of carbonyl (C=O) groups excluding carboxylic acids is 1. The van der Waals surface area contributed by atoms with Crippen molar-refractivity contribution in [1.82, 2.24) is 24.9 Å². The molecule has 0 spiro atoms. The quantitative estimate of drug-likeness (QED) is 0.499. The SMILES string of the molecule is O=C(NCc1cccc(Cl)c1)c1nnn(Cc2ccc(Cl)cc2)c1-n1cccc1. The molecule has 0 fully saturated rings. The van der Waals surface area contributed by atoms with Gasteiger partial charge in [-0.3, -0.25) is 4.79 Å². The molecule has 0 atom stereocenters. The molecule has 0 aliphatic carbocycles. The lowest BCUT2D eigenvalue weighted by molar-refractivity contribution is 0.0946. The zero-order valence-corrected chi connectivity index (χ0v) is 16.8. The normalized spacial score (nSPS) is 10.8. The number of aromatic nitrogens is 4. The van der Waals surface area contributed by atoms with E-state index in [0.29, 0.717) is 29.0 Å². The Morgan fingerprint density at radius 3 is 2.41 bits per heavy atom. The fourth-order valence-electron chi connectivity index (χ4n) is 2.97. The van der Waals surface area contributed by atoms with Gasteiger partial charge in [0.25, 0.3) is 5.91 Å². The van der Waals surface area contributed by atoms with Crippen LogP contribution in [0.2, 0.25) is 10.0 Å². The first kappa shape index (κ1) is 19.2. The summed E-state index contributed by atoms with van der Waals surface area (Å²) in [4.78, 5) is 12.8. The maximum atomic E-state index is 12.8. The molecule has 0 saturated heterocycles. The van der Waals surface area contributed by atoms with Gasteiger partial charge in [0.15, 0.2) is 11.5 Å². The van der Waals surface area contributed by atoms with Gasteiger partial charge in [-0.1, -0.05) is 52.7 Å². The summed E-state index contributed by atoms with van der Waals surface area (Å²) in [5.74, 6) is 0.282. The maximum Gasteiger partial charge on any atom is 0.276 e. The summed E-state index contributed by atoms with van der Waals surface area (Å²) in [5.41, 5.74) is 2.15. The van der Waals surface area contributed by atoms with Crippen molar-refractivity contribution in [1.29, 1.82) is 0 Å². The van der Waals surface area contributed by atoms with Gasteiger partial charge < -0.3 is 9.88 Å². The Hall–Kier alpha value is -3.09. The minimum absolute atomic E-state index is 0.247. The van der Waals surface area contributed by atoms with Crippen molar-refractivity contribution in [2.45, 2.75) is 13.1 Å². The summed E-state index contributed by atoms with van der Waals surface area (Å²) >= 11 is 12.0. The lowest BCUT2D eigenvalue weighted by Gasteiger charge is -2.10. The molecule has 6 nitrogen and oxygen atoms in total. The van der Waals surface area contributed by atoms with Crippen molar-refractivity contribution in [3.8, 4) is 5.82 Å². The predicted octanol–water partition coefficient (Wildman–Crippen LogP) is 4.35. The number of hydrogen-bond donors (Lipinski definition) is 1. The van der Waals surface area contributed by atoms with Gasteiger partial charge in [-0.05, 0) is 47.5 Å². The van der Waals surface area contributed by atoms with Crippen LogP contribution >= 0.6 is 23.2 Å². The molecular weight excluding hydrogens is 409 g/mol. The molecule has 1 N–H and O–H groups in total. The zero-order chi connectivity index (χ0) is 20.2. The number of rotatable bonds is 6. The van der Waals surface area contributed by atoms with Gasteiger partial charge in [0.1, 0.15) is 0 Å². The fourth-order valence-corrected chi connectivity index (χ4v) is 3.31. The fraction of sp³-hybridized carbons (Fsp3) is 0.0952. The van der Waals surface area contributed by atoms with E-state index in [1.807, 2.05) is 71.6 Å². The van der Waals surface area contributed by atoms with Gasteiger partial charge in [0, 0.05) is 29.0 Å². The van der Waals surface area contributed by atoms with Gasteiger partial charge in [0.2, 0.25) is 0 Å². The molecule has 2 heterocycles. The molecule has 0 radical (unpaired) electrons. The van der Waals surface area contributed by atoms with Gasteiger partial charge in [-0.2, -0.15) is 0 Å². The van der Waals surface area contributed by atoms with Crippen LogP contribution in [0.25, 0.3) is 5.82 Å². The van der Waals surface area contributed by atoms with E-state index in [1.54, 1.807) is 10.7 Å². The Balaban J connectivity index is 1.60. The number of carbonyl (C=O) groups is 1. The second-order valence-corrected chi connectivity index (χ2v) is 7.32. The highest BCUT2D eigenvalue weighted by Crippen LogP contribution is 2.17. The highest BCUT2D eigenvalue weighted by Gasteiger charge is 2.21. The molecule has 8 heteroatoms. The molecule has 0 unspecified atom stereocenters. The first-order valence-corrected chi connectivity index (χ1v) is 9.69. The van der Waals surface area contributed by atoms with Crippen molar-refractivity contribution >= 4 is 29.1 Å². The first-order valence-electron chi connectivity index (χ1n) is 8.94. The topological polar surface area (TPSA) is 64.7 Å². The van der Waals surface area contributed by atoms with E-state index in [0.717, 1.165) is 11.1 Å². The van der Waals surface area contributed by atoms with Crippen LogP contribution in [-0.4, -0.2) is 25.5 Å². The average molecular weight is 426 g/mol. The number of amides is 1. The number of nitrogens with zero attached hydrogens (tertiary/aromatic N) is 4. The molecule has 1 amide bonds. The second-order valence-electron chi connectivity index (χ2n) is 6.45. The largest absolute Gasteiger partial charge is 0.346 e. The van der Waals surface area contributed by atoms with Crippen LogP contribution in [0.15, 0.2) is 73.1 Å². The van der Waals surface area contributed by atoms with Crippen LogP contribution in [0.1, 0.15) is 21.6 Å². The maximum absolute atomic E-state index is 12.8. The third-order valence-corrected chi connectivity index (χ3v) is 4.85. The highest BCUT2D eigenvalue weighted by molar-refractivity contribution is 6.30. The number of hydrogen-bond acceptors (Lipinski definition) is 3. The van der Waals surface area contributed by atoms with E-state index in [4.69, 9.17) is 23.2 Å². The first-order chi connectivity index (χ1) is 14.1. The molecular formula is C21H17Cl2N5O. The molecule has 4 aromatic rings. The Bertz CT molecular complexity index is 1120. The van der Waals surface area contributed by atoms with Crippen molar-refractivity contribution in [2.75, 3.05) is 0 Å². The number of nitrogens with one attached hydrogen (secondary N) is 1. The lowest BCUT2D eigenvalue weighted by atomic mass is 10.2. The summed E-state index contributed by atoms with van der Waals surface area (Å²) in [5, 5.41) is 12.5. The Kier molecular flexibility index (Phi) is 5.64. The third-order valence-electron chi connectivity index (χ3n) is 4.36. The Morgan fingerprint density at radius 2 is 1.69 bits per heavy atom. The molecule has 0 aliphatic heterocycles. The average Bonchev–Trinajstić information content (AvgIpc) is 3.37. The predicted molar refractivity (Wildman–Crippen MR) is 113 cm³/mol. The monoisotopic (exact) mass is 425 g/mol. The minimum Gasteiger partial charge on any atom is -0.346 e. The van der Waals surface area contributed by atoms with E-state index < -0.39 is 0 Å². The highest BCUT2D eigenvalue weighted by atomic mass is 35.5. The molecule has 0 bridgehead atoms. The molecule has 2 aromatic heterocycles. The Morgan fingerprint density at radius 1 is 0.931 bits per heavy atom. The summed E-state index contributed by atoms with van der Waals surface area (Å²) in [6.07, 6.45) is 3.70. The standard InChI is InChI=1S/C21H17Cl2N5O/c22-17-8-6-15(7-9-17)14-28-21(27-10-1-2-11-27)19(25-26-28)20(29)24-13-16-4-3-5-18(23)12-16/h1-12H,13-14H2,(H,24,29). The molecule has 0 aliphatic rings. The van der Waals surface area contributed by atoms with E-state index in [9.17, 15) is 4.79 Å². The van der Waals surface area contributed by atoms with Crippen molar-refractivity contribution in [2.24, 2.45) is 0 Å². The molecule has 146 valence electrons. The minimum atomic E-state index is -0.309. The van der Waals surface area contributed by atoms with Gasteiger partial charge in [0.05, 0.1) is 6.54 Å². The van der Waals surface area contributed by atoms with Crippen LogP contribution in [0.3, 0.4) is 0 Å². The van der Waals surface area contributed by atoms with Crippen LogP contribution < -0.4 is 5.32 Å². The molecule has 29 heavy (non-hydrogen) atoms. The molecule has 0 saturated carbocycles. The number of halogens is 2. The van der Waals surface area contributed by atoms with Gasteiger partial charge in [-0.25, -0.2) is 4.68 Å². The lowest BCUT2D eigenvalue weighted by Crippen LogP contribution is -2.25. The van der Waals surface area contributed by atoms with Crippen LogP contribution in [0.5, 0.6) is 0 Å². The van der Waals surface area contributed by atoms with Gasteiger partial charge in [-0.15, -0.1) is 5.10 Å². The summed E-state index contributed by atoms with van der Waals surface area (Å²) in [7, 11) is 0. The van der Waals surface area contributed by atoms with E-state index >= 15 is 0 Å². The summed E-state index contributed by atoms with van der Waals surface area (Å²) in [6.45, 7) is 0.799. The molecule has 4 rings (SSSR count). The van der Waals surface area contributed by atoms with Crippen molar-refractivity contribution < 1.29 is 4.79 Å². The second kappa shape index (κ2) is 8.51. The zero-order valence-electron chi connectivity index (χ0n) is 15.3. The van der Waals surface area contributed by atoms with E-state index in [2.05, 4.69) is 15.6 Å². The summed E-state index contributed by atoms with van der Waals surface area (Å²) < 4.78 is 3.52. The van der Waals surface area contributed by atoms with E-state index in [1.165, 1.54) is 0 Å². The van der Waals surface area contributed by atoms with E-state index in [-0.39, 0.29) is 11.6 Å². The summed E-state index contributed by atoms with van der Waals surface area (Å²) in [6, 6.07) is 18.6. The van der Waals surface area contributed by atoms with Crippen LogP contribution in [-0.2, 0) is 13.1 Å². The van der Waals surface area contributed by atoms with Crippen molar-refractivity contribution in [3.05, 3.63) is 99.9 Å². The third kappa shape index (κ3) is 4.50. The van der Waals surface area contributed by atoms with Gasteiger partial charge >= 0.3 is 0 Å².